The van der Waals surface area contributed by atoms with E-state index in [4.69, 9.17) is 9.47 Å². The third-order valence-electron chi connectivity index (χ3n) is 5.06. The molecule has 2 aliphatic heterocycles. The second-order valence-electron chi connectivity index (χ2n) is 6.88. The number of likely N-dealkylation sites (tertiary alicyclic amines) is 1. The second kappa shape index (κ2) is 6.89. The molecule has 1 aromatic rings. The van der Waals surface area contributed by atoms with Crippen LogP contribution in [-0.2, 0) is 6.54 Å². The Morgan fingerprint density at radius 1 is 1.21 bits per heavy atom. The molecule has 2 N–H and O–H groups in total. The molecule has 2 fully saturated rings. The molecule has 0 amide bonds. The topological polar surface area (TPSA) is 58.1 Å². The summed E-state index contributed by atoms with van der Waals surface area (Å²) < 4.78 is 10.8. The van der Waals surface area contributed by atoms with Gasteiger partial charge in [0.1, 0.15) is 0 Å². The van der Waals surface area contributed by atoms with E-state index >= 15 is 0 Å². The van der Waals surface area contributed by atoms with Gasteiger partial charge in [-0.1, -0.05) is 6.07 Å². The Hall–Kier alpha value is -1.95. The van der Waals surface area contributed by atoms with Gasteiger partial charge in [0.25, 0.3) is 0 Å². The van der Waals surface area contributed by atoms with Crippen molar-refractivity contribution < 1.29 is 9.47 Å². The summed E-state index contributed by atoms with van der Waals surface area (Å²) in [6, 6.07) is 6.92. The van der Waals surface area contributed by atoms with Crippen LogP contribution in [-0.4, -0.2) is 50.4 Å². The van der Waals surface area contributed by atoms with E-state index in [-0.39, 0.29) is 0 Å². The Labute approximate surface area is 143 Å². The van der Waals surface area contributed by atoms with Gasteiger partial charge in [0.2, 0.25) is 6.79 Å². The number of hydrogen-bond acceptors (Lipinski definition) is 4. The highest BCUT2D eigenvalue weighted by atomic mass is 16.7. The van der Waals surface area contributed by atoms with E-state index < -0.39 is 0 Å². The number of hydrogen-bond donors (Lipinski definition) is 2. The molecular formula is C18H26N4O2. The van der Waals surface area contributed by atoms with Crippen molar-refractivity contribution >= 4 is 5.96 Å². The minimum absolute atomic E-state index is 0.314. The van der Waals surface area contributed by atoms with Crippen LogP contribution in [0.4, 0.5) is 0 Å². The first kappa shape index (κ1) is 15.6. The van der Waals surface area contributed by atoms with E-state index in [1.165, 1.54) is 32.4 Å². The molecule has 24 heavy (non-hydrogen) atoms. The molecule has 1 saturated heterocycles. The van der Waals surface area contributed by atoms with Crippen molar-refractivity contribution in [3.63, 3.8) is 0 Å². The van der Waals surface area contributed by atoms with E-state index in [0.717, 1.165) is 48.1 Å². The van der Waals surface area contributed by atoms with E-state index in [0.29, 0.717) is 6.79 Å². The Kier molecular flexibility index (Phi) is 4.47. The summed E-state index contributed by atoms with van der Waals surface area (Å²) in [5.74, 6) is 3.23. The summed E-state index contributed by atoms with van der Waals surface area (Å²) in [7, 11) is 1.82. The van der Waals surface area contributed by atoms with Gasteiger partial charge < -0.3 is 25.0 Å². The maximum Gasteiger partial charge on any atom is 0.231 e. The predicted molar refractivity (Wildman–Crippen MR) is 93.5 cm³/mol. The van der Waals surface area contributed by atoms with Crippen LogP contribution < -0.4 is 20.1 Å². The molecule has 6 nitrogen and oxygen atoms in total. The number of benzene rings is 1. The fourth-order valence-electron chi connectivity index (χ4n) is 3.50. The zero-order valence-electron chi connectivity index (χ0n) is 14.3. The van der Waals surface area contributed by atoms with Crippen LogP contribution in [0, 0.1) is 5.92 Å². The highest BCUT2D eigenvalue weighted by Crippen LogP contribution is 2.32. The smallest absolute Gasteiger partial charge is 0.231 e. The predicted octanol–water partition coefficient (Wildman–Crippen LogP) is 1.56. The van der Waals surface area contributed by atoms with Crippen molar-refractivity contribution in [1.82, 2.24) is 15.5 Å². The average molecular weight is 330 g/mol. The van der Waals surface area contributed by atoms with Gasteiger partial charge in [-0.3, -0.25) is 4.99 Å². The van der Waals surface area contributed by atoms with Gasteiger partial charge in [-0.2, -0.15) is 0 Å². The number of rotatable bonds is 5. The quantitative estimate of drug-likeness (QED) is 0.634. The molecule has 0 spiro atoms. The average Bonchev–Trinajstić information content (AvgIpc) is 3.17. The van der Waals surface area contributed by atoms with Gasteiger partial charge >= 0.3 is 0 Å². The van der Waals surface area contributed by atoms with E-state index in [2.05, 4.69) is 26.6 Å². The van der Waals surface area contributed by atoms with E-state index in [1.807, 2.05) is 19.2 Å². The lowest BCUT2D eigenvalue weighted by molar-refractivity contribution is 0.174. The molecule has 130 valence electrons. The lowest BCUT2D eigenvalue weighted by Crippen LogP contribution is -2.40. The third kappa shape index (κ3) is 3.59. The number of fused-ring (bicyclic) bond motifs is 1. The largest absolute Gasteiger partial charge is 0.454 e. The molecular weight excluding hydrogens is 304 g/mol. The van der Waals surface area contributed by atoms with Crippen molar-refractivity contribution in [3.8, 4) is 11.5 Å². The van der Waals surface area contributed by atoms with Gasteiger partial charge in [-0.25, -0.2) is 0 Å². The molecule has 1 aliphatic carbocycles. The highest BCUT2D eigenvalue weighted by Gasteiger charge is 2.34. The molecule has 0 bridgehead atoms. The maximum atomic E-state index is 5.42. The second-order valence-corrected chi connectivity index (χ2v) is 6.88. The SMILES string of the molecule is CN=C(NCc1ccc2c(c1)OCO2)NCC1CCN(C2CC2)C1. The Morgan fingerprint density at radius 3 is 2.92 bits per heavy atom. The van der Waals surface area contributed by atoms with Crippen molar-refractivity contribution in [2.75, 3.05) is 33.5 Å². The first-order valence-electron chi connectivity index (χ1n) is 8.89. The summed E-state index contributed by atoms with van der Waals surface area (Å²) in [5, 5.41) is 6.85. The molecule has 1 aromatic carbocycles. The monoisotopic (exact) mass is 330 g/mol. The summed E-state index contributed by atoms with van der Waals surface area (Å²) >= 11 is 0. The molecule has 1 atom stereocenters. The molecule has 3 aliphatic rings. The van der Waals surface area contributed by atoms with Crippen molar-refractivity contribution in [2.45, 2.75) is 31.8 Å². The van der Waals surface area contributed by atoms with Crippen LogP contribution in [0.3, 0.4) is 0 Å². The lowest BCUT2D eigenvalue weighted by Gasteiger charge is -2.17. The minimum Gasteiger partial charge on any atom is -0.454 e. The molecule has 4 rings (SSSR count). The zero-order chi connectivity index (χ0) is 16.4. The normalized spacial score (nSPS) is 23.5. The van der Waals surface area contributed by atoms with Gasteiger partial charge in [0, 0.05) is 32.7 Å². The number of nitrogens with zero attached hydrogens (tertiary/aromatic N) is 2. The molecule has 0 radical (unpaired) electrons. The molecule has 0 aromatic heterocycles. The van der Waals surface area contributed by atoms with Crippen LogP contribution in [0.15, 0.2) is 23.2 Å². The first-order chi connectivity index (χ1) is 11.8. The van der Waals surface area contributed by atoms with E-state index in [9.17, 15) is 0 Å². The molecule has 2 heterocycles. The zero-order valence-corrected chi connectivity index (χ0v) is 14.3. The Morgan fingerprint density at radius 2 is 2.08 bits per heavy atom. The summed E-state index contributed by atoms with van der Waals surface area (Å²) in [6.07, 6.45) is 4.10. The Bertz CT molecular complexity index is 615. The number of aliphatic imine (C=N–C) groups is 1. The number of nitrogens with one attached hydrogen (secondary N) is 2. The van der Waals surface area contributed by atoms with Gasteiger partial charge in [0.15, 0.2) is 17.5 Å². The van der Waals surface area contributed by atoms with E-state index in [1.54, 1.807) is 0 Å². The van der Waals surface area contributed by atoms with Gasteiger partial charge in [-0.05, 0) is 49.4 Å². The van der Waals surface area contributed by atoms with Crippen LogP contribution in [0.5, 0.6) is 11.5 Å². The van der Waals surface area contributed by atoms with Crippen LogP contribution in [0.25, 0.3) is 0 Å². The van der Waals surface area contributed by atoms with Crippen LogP contribution in [0.2, 0.25) is 0 Å². The third-order valence-corrected chi connectivity index (χ3v) is 5.06. The highest BCUT2D eigenvalue weighted by molar-refractivity contribution is 5.79. The van der Waals surface area contributed by atoms with Gasteiger partial charge in [-0.15, -0.1) is 0 Å². The van der Waals surface area contributed by atoms with Crippen molar-refractivity contribution in [3.05, 3.63) is 23.8 Å². The first-order valence-corrected chi connectivity index (χ1v) is 8.89. The molecule has 1 unspecified atom stereocenters. The van der Waals surface area contributed by atoms with Crippen LogP contribution in [0.1, 0.15) is 24.8 Å². The summed E-state index contributed by atoms with van der Waals surface area (Å²) in [4.78, 5) is 6.98. The summed E-state index contributed by atoms with van der Waals surface area (Å²) in [6.45, 7) is 4.52. The number of ether oxygens (including phenoxy) is 2. The molecule has 1 saturated carbocycles. The fourth-order valence-corrected chi connectivity index (χ4v) is 3.50. The fraction of sp³-hybridized carbons (Fsp3) is 0.611. The van der Waals surface area contributed by atoms with Crippen molar-refractivity contribution in [1.29, 1.82) is 0 Å². The summed E-state index contributed by atoms with van der Waals surface area (Å²) in [5.41, 5.74) is 1.16. The van der Waals surface area contributed by atoms with Crippen molar-refractivity contribution in [2.24, 2.45) is 10.9 Å². The van der Waals surface area contributed by atoms with Crippen LogP contribution >= 0.6 is 0 Å². The van der Waals surface area contributed by atoms with Gasteiger partial charge in [0.05, 0.1) is 0 Å². The number of guanidine groups is 1. The standard InChI is InChI=1S/C18H26N4O2/c1-19-18(21-10-14-6-7-22(11-14)15-3-4-15)20-9-13-2-5-16-17(8-13)24-12-23-16/h2,5,8,14-15H,3-4,6-7,9-12H2,1H3,(H2,19,20,21). The minimum atomic E-state index is 0.314. The maximum absolute atomic E-state index is 5.42. The molecule has 6 heteroatoms. The Balaban J connectivity index is 1.23. The lowest BCUT2D eigenvalue weighted by atomic mass is 10.1.